The number of methoxy groups -OCH3 is 1. The Hall–Kier alpha value is -4.20. The molecule has 0 saturated heterocycles. The summed E-state index contributed by atoms with van der Waals surface area (Å²) in [4.78, 5) is 21.6. The minimum Gasteiger partial charge on any atom is -0.497 e. The Bertz CT molecular complexity index is 1310. The maximum atomic E-state index is 11.2. The topological polar surface area (TPSA) is 102 Å². The Labute approximate surface area is 184 Å². The van der Waals surface area contributed by atoms with Crippen LogP contribution in [0.2, 0.25) is 0 Å². The summed E-state index contributed by atoms with van der Waals surface area (Å²) in [6.45, 7) is 2.47. The Balaban J connectivity index is 1.66. The lowest BCUT2D eigenvalue weighted by Crippen LogP contribution is -2.17. The average molecular weight is 430 g/mol. The molecule has 4 rings (SSSR count). The number of aromatic nitrogens is 2. The highest BCUT2D eigenvalue weighted by Gasteiger charge is 2.16. The zero-order valence-electron chi connectivity index (χ0n) is 17.9. The lowest BCUT2D eigenvalue weighted by atomic mass is 9.99. The van der Waals surface area contributed by atoms with Gasteiger partial charge in [0.2, 0.25) is 5.88 Å². The number of aromatic hydroxyl groups is 1. The van der Waals surface area contributed by atoms with E-state index in [1.807, 2.05) is 49.2 Å². The highest BCUT2D eigenvalue weighted by molar-refractivity contribution is 5.88. The number of fused-ring (bicyclic) bond motifs is 1. The van der Waals surface area contributed by atoms with Gasteiger partial charge in [-0.1, -0.05) is 18.2 Å². The fourth-order valence-electron chi connectivity index (χ4n) is 3.55. The van der Waals surface area contributed by atoms with E-state index in [0.29, 0.717) is 29.0 Å². The first-order valence-electron chi connectivity index (χ1n) is 9.95. The van der Waals surface area contributed by atoms with Crippen molar-refractivity contribution in [2.24, 2.45) is 0 Å². The van der Waals surface area contributed by atoms with Gasteiger partial charge in [-0.25, -0.2) is 9.97 Å². The lowest BCUT2D eigenvalue weighted by Gasteiger charge is -2.19. The van der Waals surface area contributed by atoms with Crippen molar-refractivity contribution < 1.29 is 14.8 Å². The number of aryl methyl sites for hydroxylation is 1. The van der Waals surface area contributed by atoms with Crippen LogP contribution >= 0.6 is 0 Å². The molecule has 0 aliphatic rings. The molecular formula is C24H22N4O4. The molecule has 0 amide bonds. The Morgan fingerprint density at radius 1 is 1.09 bits per heavy atom. The Morgan fingerprint density at radius 3 is 2.53 bits per heavy atom. The average Bonchev–Trinajstić information content (AvgIpc) is 2.79. The maximum Gasteiger partial charge on any atom is 0.270 e. The number of pyridine rings is 2. The van der Waals surface area contributed by atoms with E-state index in [9.17, 15) is 15.2 Å². The van der Waals surface area contributed by atoms with Crippen molar-refractivity contribution in [3.8, 4) is 22.8 Å². The molecule has 0 fully saturated rings. The van der Waals surface area contributed by atoms with Crippen molar-refractivity contribution in [3.05, 3.63) is 82.0 Å². The summed E-state index contributed by atoms with van der Waals surface area (Å²) in [5, 5.41) is 22.5. The van der Waals surface area contributed by atoms with Gasteiger partial charge in [0.1, 0.15) is 11.6 Å². The minimum absolute atomic E-state index is 0.0428. The molecule has 0 saturated carbocycles. The van der Waals surface area contributed by atoms with Gasteiger partial charge in [0.25, 0.3) is 5.69 Å². The van der Waals surface area contributed by atoms with Gasteiger partial charge in [-0.05, 0) is 41.8 Å². The molecule has 0 spiro atoms. The highest BCUT2D eigenvalue weighted by Crippen LogP contribution is 2.35. The summed E-state index contributed by atoms with van der Waals surface area (Å²) in [7, 11) is 3.56. The molecule has 1 N–H and O–H groups in total. The lowest BCUT2D eigenvalue weighted by molar-refractivity contribution is -0.384. The first-order chi connectivity index (χ1) is 15.4. The number of nitro benzene ring substituents is 1. The van der Waals surface area contributed by atoms with E-state index in [4.69, 9.17) is 4.74 Å². The van der Waals surface area contributed by atoms with Crippen LogP contribution in [0.3, 0.4) is 0 Å². The predicted molar refractivity (Wildman–Crippen MR) is 123 cm³/mol. The third-order valence-electron chi connectivity index (χ3n) is 5.36. The number of nitrogens with zero attached hydrogens (tertiary/aromatic N) is 4. The first-order valence-corrected chi connectivity index (χ1v) is 9.95. The molecule has 32 heavy (non-hydrogen) atoms. The second-order valence-corrected chi connectivity index (χ2v) is 7.56. The zero-order chi connectivity index (χ0) is 22.8. The van der Waals surface area contributed by atoms with Gasteiger partial charge in [0.15, 0.2) is 0 Å². The molecule has 162 valence electrons. The van der Waals surface area contributed by atoms with Crippen LogP contribution in [0.1, 0.15) is 11.1 Å². The van der Waals surface area contributed by atoms with Crippen LogP contribution in [0.15, 0.2) is 60.8 Å². The number of anilines is 1. The second kappa shape index (κ2) is 8.50. The van der Waals surface area contributed by atoms with Crippen molar-refractivity contribution in [2.45, 2.75) is 13.5 Å². The molecule has 4 aromatic rings. The Kier molecular flexibility index (Phi) is 5.59. The van der Waals surface area contributed by atoms with Crippen molar-refractivity contribution in [2.75, 3.05) is 19.1 Å². The smallest absolute Gasteiger partial charge is 0.270 e. The van der Waals surface area contributed by atoms with Crippen molar-refractivity contribution >= 4 is 22.4 Å². The van der Waals surface area contributed by atoms with E-state index in [0.717, 1.165) is 22.3 Å². The predicted octanol–water partition coefficient (Wildman–Crippen LogP) is 4.86. The third-order valence-corrected chi connectivity index (χ3v) is 5.36. The minimum atomic E-state index is -0.457. The maximum absolute atomic E-state index is 11.2. The van der Waals surface area contributed by atoms with Crippen LogP contribution in [-0.4, -0.2) is 34.2 Å². The molecule has 8 nitrogen and oxygen atoms in total. The van der Waals surface area contributed by atoms with Crippen LogP contribution in [0.4, 0.5) is 11.5 Å². The quantitative estimate of drug-likeness (QED) is 0.344. The van der Waals surface area contributed by atoms with Crippen molar-refractivity contribution in [3.63, 3.8) is 0 Å². The van der Waals surface area contributed by atoms with Crippen LogP contribution in [0.5, 0.6) is 11.6 Å². The summed E-state index contributed by atoms with van der Waals surface area (Å²) in [5.74, 6) is 1.32. The molecule has 0 radical (unpaired) electrons. The molecule has 2 aromatic carbocycles. The number of ether oxygens (including phenoxy) is 1. The van der Waals surface area contributed by atoms with Gasteiger partial charge in [0.05, 0.1) is 17.5 Å². The first kappa shape index (κ1) is 21.0. The summed E-state index contributed by atoms with van der Waals surface area (Å²) >= 11 is 0. The molecular weight excluding hydrogens is 408 g/mol. The number of non-ortho nitro benzene ring substituents is 1. The number of rotatable bonds is 6. The normalized spacial score (nSPS) is 10.8. The van der Waals surface area contributed by atoms with Gasteiger partial charge in [-0.3, -0.25) is 10.1 Å². The zero-order valence-corrected chi connectivity index (χ0v) is 17.9. The van der Waals surface area contributed by atoms with Crippen molar-refractivity contribution in [1.29, 1.82) is 0 Å². The summed E-state index contributed by atoms with van der Waals surface area (Å²) < 4.78 is 5.19. The summed E-state index contributed by atoms with van der Waals surface area (Å²) in [5.41, 5.74) is 3.43. The van der Waals surface area contributed by atoms with Crippen molar-refractivity contribution in [1.82, 2.24) is 9.97 Å². The fraction of sp³-hybridized carbons (Fsp3) is 0.167. The van der Waals surface area contributed by atoms with Gasteiger partial charge in [-0.15, -0.1) is 0 Å². The number of benzene rings is 2. The van der Waals surface area contributed by atoms with Gasteiger partial charge in [0, 0.05) is 48.9 Å². The molecule has 0 unspecified atom stereocenters. The van der Waals surface area contributed by atoms with E-state index >= 15 is 0 Å². The summed E-state index contributed by atoms with van der Waals surface area (Å²) in [6, 6.07) is 15.9. The van der Waals surface area contributed by atoms with Crippen LogP contribution < -0.4 is 9.64 Å². The number of nitro groups is 1. The van der Waals surface area contributed by atoms with E-state index in [2.05, 4.69) is 9.97 Å². The molecule has 2 heterocycles. The monoisotopic (exact) mass is 430 g/mol. The number of hydrogen-bond donors (Lipinski definition) is 1. The van der Waals surface area contributed by atoms with Gasteiger partial charge in [-0.2, -0.15) is 0 Å². The third kappa shape index (κ3) is 4.15. The molecule has 0 aliphatic heterocycles. The SMILES string of the molecule is COc1ccc(CN(C)c2cc3nc(O)c(-c4cc([N+](=O)[O-])ccc4C)cc3cn2)cc1. The molecule has 2 aromatic heterocycles. The van der Waals surface area contributed by atoms with Gasteiger partial charge >= 0.3 is 0 Å². The van der Waals surface area contributed by atoms with Crippen LogP contribution in [-0.2, 0) is 6.54 Å². The van der Waals surface area contributed by atoms with E-state index in [1.54, 1.807) is 25.4 Å². The molecule has 8 heteroatoms. The van der Waals surface area contributed by atoms with Gasteiger partial charge < -0.3 is 14.7 Å². The second-order valence-electron chi connectivity index (χ2n) is 7.56. The van der Waals surface area contributed by atoms with E-state index < -0.39 is 4.92 Å². The van der Waals surface area contributed by atoms with E-state index in [-0.39, 0.29) is 11.6 Å². The largest absolute Gasteiger partial charge is 0.497 e. The van der Waals surface area contributed by atoms with Crippen LogP contribution in [0.25, 0.3) is 22.0 Å². The number of hydrogen-bond acceptors (Lipinski definition) is 7. The van der Waals surface area contributed by atoms with E-state index in [1.165, 1.54) is 12.1 Å². The highest BCUT2D eigenvalue weighted by atomic mass is 16.6. The Morgan fingerprint density at radius 2 is 1.84 bits per heavy atom. The summed E-state index contributed by atoms with van der Waals surface area (Å²) in [6.07, 6.45) is 1.69. The molecule has 0 atom stereocenters. The molecule has 0 bridgehead atoms. The van der Waals surface area contributed by atoms with Crippen LogP contribution in [0, 0.1) is 17.0 Å². The fourth-order valence-corrected chi connectivity index (χ4v) is 3.55. The standard InChI is InChI=1S/C24H22N4O4/c1-15-4-7-18(28(30)31)11-20(15)21-10-17-13-25-23(12-22(17)26-24(21)29)27(2)14-16-5-8-19(32-3)9-6-16/h4-13H,14H2,1-3H3,(H,26,29). The molecule has 0 aliphatic carbocycles.